The minimum absolute atomic E-state index is 0. The molecule has 0 radical (unpaired) electrons. The Kier molecular flexibility index (Phi) is 6.72. The highest BCUT2D eigenvalue weighted by Gasteiger charge is 2.28. The van der Waals surface area contributed by atoms with Crippen LogP contribution in [0.4, 0.5) is 13.2 Å². The molecule has 0 aromatic heterocycles. The Bertz CT molecular complexity index is 370. The first-order valence-electron chi connectivity index (χ1n) is 5.02. The SMILES string of the molecule is Cl.NC(Cc1ccccc1)C(=O)NCC(F)(F)F. The van der Waals surface area contributed by atoms with Crippen molar-refractivity contribution < 1.29 is 18.0 Å². The summed E-state index contributed by atoms with van der Waals surface area (Å²) in [6, 6.07) is 7.90. The van der Waals surface area contributed by atoms with Crippen molar-refractivity contribution in [2.75, 3.05) is 6.54 Å². The van der Waals surface area contributed by atoms with Gasteiger partial charge >= 0.3 is 6.18 Å². The minimum Gasteiger partial charge on any atom is -0.346 e. The van der Waals surface area contributed by atoms with Crippen LogP contribution in [-0.4, -0.2) is 24.7 Å². The molecule has 0 bridgehead atoms. The van der Waals surface area contributed by atoms with E-state index in [4.69, 9.17) is 5.73 Å². The van der Waals surface area contributed by atoms with Gasteiger partial charge in [-0.05, 0) is 12.0 Å². The van der Waals surface area contributed by atoms with Crippen LogP contribution in [0.5, 0.6) is 0 Å². The van der Waals surface area contributed by atoms with Gasteiger partial charge in [0.05, 0.1) is 6.04 Å². The molecule has 0 aliphatic carbocycles. The fourth-order valence-electron chi connectivity index (χ4n) is 1.28. The number of carbonyl (C=O) groups is 1. The van der Waals surface area contributed by atoms with Crippen molar-refractivity contribution in [1.29, 1.82) is 0 Å². The normalized spacial score (nSPS) is 12.4. The lowest BCUT2D eigenvalue weighted by Gasteiger charge is -2.13. The average Bonchev–Trinajstić information content (AvgIpc) is 2.26. The maximum absolute atomic E-state index is 11.9. The molecule has 1 unspecified atom stereocenters. The predicted molar refractivity (Wildman–Crippen MR) is 64.4 cm³/mol. The molecule has 1 aromatic carbocycles. The Morgan fingerprint density at radius 2 is 1.83 bits per heavy atom. The van der Waals surface area contributed by atoms with E-state index in [1.807, 2.05) is 0 Å². The summed E-state index contributed by atoms with van der Waals surface area (Å²) in [5.41, 5.74) is 6.31. The molecular weight excluding hydrogens is 269 g/mol. The van der Waals surface area contributed by atoms with Crippen LogP contribution in [0.15, 0.2) is 30.3 Å². The van der Waals surface area contributed by atoms with Gasteiger partial charge in [0, 0.05) is 0 Å². The Morgan fingerprint density at radius 3 is 2.33 bits per heavy atom. The van der Waals surface area contributed by atoms with Crippen LogP contribution >= 0.6 is 12.4 Å². The highest BCUT2D eigenvalue weighted by molar-refractivity contribution is 5.85. The van der Waals surface area contributed by atoms with Gasteiger partial charge in [-0.15, -0.1) is 12.4 Å². The number of nitrogens with two attached hydrogens (primary N) is 1. The lowest BCUT2D eigenvalue weighted by atomic mass is 10.1. The number of amides is 1. The van der Waals surface area contributed by atoms with Gasteiger partial charge in [0.25, 0.3) is 0 Å². The van der Waals surface area contributed by atoms with Crippen LogP contribution in [0.3, 0.4) is 0 Å². The van der Waals surface area contributed by atoms with Crippen LogP contribution in [0.1, 0.15) is 5.56 Å². The predicted octanol–water partition coefficient (Wildman–Crippen LogP) is 1.66. The molecule has 1 aromatic rings. The lowest BCUT2D eigenvalue weighted by Crippen LogP contribution is -2.45. The van der Waals surface area contributed by atoms with Gasteiger partial charge in [-0.1, -0.05) is 30.3 Å². The smallest absolute Gasteiger partial charge is 0.346 e. The van der Waals surface area contributed by atoms with E-state index < -0.39 is 24.7 Å². The fraction of sp³-hybridized carbons (Fsp3) is 0.364. The van der Waals surface area contributed by atoms with E-state index in [0.717, 1.165) is 5.56 Å². The van der Waals surface area contributed by atoms with Crippen molar-refractivity contribution in [2.45, 2.75) is 18.6 Å². The monoisotopic (exact) mass is 282 g/mol. The first-order valence-corrected chi connectivity index (χ1v) is 5.02. The topological polar surface area (TPSA) is 55.1 Å². The zero-order valence-electron chi connectivity index (χ0n) is 9.41. The second-order valence-corrected chi connectivity index (χ2v) is 3.63. The van der Waals surface area contributed by atoms with Gasteiger partial charge in [-0.25, -0.2) is 0 Å². The van der Waals surface area contributed by atoms with Crippen LogP contribution < -0.4 is 11.1 Å². The first-order chi connectivity index (χ1) is 7.88. The van der Waals surface area contributed by atoms with Crippen LogP contribution in [-0.2, 0) is 11.2 Å². The van der Waals surface area contributed by atoms with Crippen LogP contribution in [0.25, 0.3) is 0 Å². The van der Waals surface area contributed by atoms with Crippen LogP contribution in [0.2, 0.25) is 0 Å². The third-order valence-electron chi connectivity index (χ3n) is 2.10. The third-order valence-corrected chi connectivity index (χ3v) is 2.10. The molecule has 3 nitrogen and oxygen atoms in total. The zero-order valence-corrected chi connectivity index (χ0v) is 10.2. The van der Waals surface area contributed by atoms with E-state index in [1.54, 1.807) is 35.6 Å². The molecule has 0 spiro atoms. The zero-order chi connectivity index (χ0) is 12.9. The molecule has 0 saturated carbocycles. The summed E-state index contributed by atoms with van der Waals surface area (Å²) in [7, 11) is 0. The maximum atomic E-state index is 11.9. The van der Waals surface area contributed by atoms with Gasteiger partial charge < -0.3 is 11.1 Å². The molecule has 0 heterocycles. The molecule has 0 aliphatic rings. The quantitative estimate of drug-likeness (QED) is 0.882. The standard InChI is InChI=1S/C11H13F3N2O.ClH/c12-11(13,14)7-16-10(17)9(15)6-8-4-2-1-3-5-8;/h1-5,9H,6-7,15H2,(H,16,17);1H. The summed E-state index contributed by atoms with van der Waals surface area (Å²) in [5.74, 6) is -0.800. The van der Waals surface area contributed by atoms with Crippen LogP contribution in [0, 0.1) is 0 Å². The lowest BCUT2D eigenvalue weighted by molar-refractivity contribution is -0.139. The number of alkyl halides is 3. The van der Waals surface area contributed by atoms with Crippen molar-refractivity contribution in [3.05, 3.63) is 35.9 Å². The summed E-state index contributed by atoms with van der Waals surface area (Å²) in [5, 5.41) is 1.75. The Labute approximate surface area is 109 Å². The number of carbonyl (C=O) groups excluding carboxylic acids is 1. The Morgan fingerprint density at radius 1 is 1.28 bits per heavy atom. The largest absolute Gasteiger partial charge is 0.405 e. The van der Waals surface area contributed by atoms with E-state index in [9.17, 15) is 18.0 Å². The molecule has 0 saturated heterocycles. The summed E-state index contributed by atoms with van der Waals surface area (Å²) >= 11 is 0. The summed E-state index contributed by atoms with van der Waals surface area (Å²) < 4.78 is 35.6. The van der Waals surface area contributed by atoms with Gasteiger partial charge in [0.2, 0.25) is 5.91 Å². The highest BCUT2D eigenvalue weighted by Crippen LogP contribution is 2.12. The number of nitrogens with one attached hydrogen (secondary N) is 1. The average molecular weight is 283 g/mol. The van der Waals surface area contributed by atoms with E-state index in [0.29, 0.717) is 0 Å². The Hall–Kier alpha value is -1.27. The summed E-state index contributed by atoms with van der Waals surface area (Å²) in [6.07, 6.45) is -4.20. The second kappa shape index (κ2) is 7.23. The molecule has 3 N–H and O–H groups in total. The molecule has 1 rings (SSSR count). The summed E-state index contributed by atoms with van der Waals surface area (Å²) in [6.45, 7) is -1.35. The molecule has 0 fully saturated rings. The first kappa shape index (κ1) is 16.7. The molecule has 7 heteroatoms. The van der Waals surface area contributed by atoms with Crippen molar-refractivity contribution in [2.24, 2.45) is 5.73 Å². The minimum atomic E-state index is -4.41. The van der Waals surface area contributed by atoms with Crippen molar-refractivity contribution in [3.63, 3.8) is 0 Å². The van der Waals surface area contributed by atoms with E-state index >= 15 is 0 Å². The van der Waals surface area contributed by atoms with Gasteiger partial charge in [-0.2, -0.15) is 13.2 Å². The third kappa shape index (κ3) is 6.46. The number of halogens is 4. The molecule has 18 heavy (non-hydrogen) atoms. The number of hydrogen-bond donors (Lipinski definition) is 2. The van der Waals surface area contributed by atoms with E-state index in [1.165, 1.54) is 0 Å². The fourth-order valence-corrected chi connectivity index (χ4v) is 1.28. The molecule has 102 valence electrons. The molecule has 1 amide bonds. The number of benzene rings is 1. The molecule has 0 aliphatic heterocycles. The van der Waals surface area contributed by atoms with Crippen molar-refractivity contribution in [1.82, 2.24) is 5.32 Å². The Balaban J connectivity index is 0.00000289. The molecular formula is C11H14ClF3N2O. The van der Waals surface area contributed by atoms with Gasteiger partial charge in [0.15, 0.2) is 0 Å². The van der Waals surface area contributed by atoms with Gasteiger partial charge in [0.1, 0.15) is 6.54 Å². The van der Waals surface area contributed by atoms with E-state index in [2.05, 4.69) is 0 Å². The second-order valence-electron chi connectivity index (χ2n) is 3.63. The van der Waals surface area contributed by atoms with Gasteiger partial charge in [-0.3, -0.25) is 4.79 Å². The number of rotatable bonds is 4. The highest BCUT2D eigenvalue weighted by atomic mass is 35.5. The maximum Gasteiger partial charge on any atom is 0.405 e. The van der Waals surface area contributed by atoms with Crippen molar-refractivity contribution in [3.8, 4) is 0 Å². The molecule has 1 atom stereocenters. The summed E-state index contributed by atoms with van der Waals surface area (Å²) in [4.78, 5) is 11.3. The van der Waals surface area contributed by atoms with E-state index in [-0.39, 0.29) is 18.8 Å². The number of hydrogen-bond acceptors (Lipinski definition) is 2. The van der Waals surface area contributed by atoms with Crippen molar-refractivity contribution >= 4 is 18.3 Å².